The maximum Gasteiger partial charge on any atom is 0.167 e. The van der Waals surface area contributed by atoms with E-state index in [1.54, 1.807) is 0 Å². The number of hydrogen-bond acceptors (Lipinski definition) is 3. The summed E-state index contributed by atoms with van der Waals surface area (Å²) in [7, 11) is 0. The Kier molecular flexibility index (Phi) is 3.84. The maximum atomic E-state index is 13.7. The fourth-order valence-electron chi connectivity index (χ4n) is 2.29. The second-order valence-corrected chi connectivity index (χ2v) is 5.10. The zero-order chi connectivity index (χ0) is 12.4. The van der Waals surface area contributed by atoms with Crippen molar-refractivity contribution in [1.82, 2.24) is 4.98 Å². The summed E-state index contributed by atoms with van der Waals surface area (Å²) in [6.07, 6.45) is 2.50. The molecule has 1 aliphatic rings. The van der Waals surface area contributed by atoms with E-state index in [-0.39, 0.29) is 5.82 Å². The molecule has 94 valence electrons. The zero-order valence-electron chi connectivity index (χ0n) is 9.87. The molecule has 1 aromatic rings. The number of aromatic nitrogens is 1. The van der Waals surface area contributed by atoms with E-state index in [0.29, 0.717) is 29.2 Å². The van der Waals surface area contributed by atoms with Crippen LogP contribution in [-0.2, 0) is 0 Å². The molecule has 1 aliphatic heterocycles. The van der Waals surface area contributed by atoms with Crippen molar-refractivity contribution in [2.24, 2.45) is 17.6 Å². The van der Waals surface area contributed by atoms with Gasteiger partial charge >= 0.3 is 0 Å². The first-order valence-corrected chi connectivity index (χ1v) is 6.25. The van der Waals surface area contributed by atoms with Gasteiger partial charge in [-0.2, -0.15) is 0 Å². The van der Waals surface area contributed by atoms with Crippen LogP contribution in [0.4, 0.5) is 10.2 Å². The molecule has 2 heterocycles. The average Bonchev–Trinajstić information content (AvgIpc) is 2.30. The van der Waals surface area contributed by atoms with E-state index in [1.807, 2.05) is 4.90 Å². The second-order valence-electron chi connectivity index (χ2n) is 4.67. The molecule has 1 aromatic heterocycles. The first-order valence-electron chi connectivity index (χ1n) is 5.88. The van der Waals surface area contributed by atoms with Crippen molar-refractivity contribution in [2.45, 2.75) is 13.3 Å². The van der Waals surface area contributed by atoms with Gasteiger partial charge in [0.05, 0.1) is 5.02 Å². The topological polar surface area (TPSA) is 42.2 Å². The highest BCUT2D eigenvalue weighted by Gasteiger charge is 2.27. The van der Waals surface area contributed by atoms with Crippen LogP contribution in [0.25, 0.3) is 0 Å². The largest absolute Gasteiger partial charge is 0.354 e. The zero-order valence-corrected chi connectivity index (χ0v) is 10.6. The first-order chi connectivity index (χ1) is 8.11. The van der Waals surface area contributed by atoms with Crippen LogP contribution in [0.1, 0.15) is 13.3 Å². The number of hydrogen-bond donors (Lipinski definition) is 1. The van der Waals surface area contributed by atoms with Crippen LogP contribution < -0.4 is 10.6 Å². The summed E-state index contributed by atoms with van der Waals surface area (Å²) in [5.74, 6) is 1.02. The smallest absolute Gasteiger partial charge is 0.167 e. The van der Waals surface area contributed by atoms with Gasteiger partial charge in [-0.15, -0.1) is 0 Å². The van der Waals surface area contributed by atoms with E-state index in [9.17, 15) is 4.39 Å². The number of rotatable bonds is 2. The van der Waals surface area contributed by atoms with Gasteiger partial charge in [-0.1, -0.05) is 18.5 Å². The van der Waals surface area contributed by atoms with Crippen LogP contribution in [-0.4, -0.2) is 24.6 Å². The summed E-state index contributed by atoms with van der Waals surface area (Å²) in [5.41, 5.74) is 5.73. The predicted octanol–water partition coefficient (Wildman–Crippen LogP) is 2.30. The van der Waals surface area contributed by atoms with E-state index in [0.717, 1.165) is 19.5 Å². The minimum atomic E-state index is -0.358. The lowest BCUT2D eigenvalue weighted by Crippen LogP contribution is -2.43. The van der Waals surface area contributed by atoms with Crippen molar-refractivity contribution in [1.29, 1.82) is 0 Å². The Bertz CT molecular complexity index is 399. The Labute approximate surface area is 106 Å². The van der Waals surface area contributed by atoms with Crippen LogP contribution in [0.2, 0.25) is 5.02 Å². The molecule has 2 unspecified atom stereocenters. The Hall–Kier alpha value is -0.870. The highest BCUT2D eigenvalue weighted by Crippen LogP contribution is 2.27. The number of pyridine rings is 1. The molecule has 2 rings (SSSR count). The average molecular weight is 258 g/mol. The summed E-state index contributed by atoms with van der Waals surface area (Å²) in [6.45, 7) is 4.42. The highest BCUT2D eigenvalue weighted by molar-refractivity contribution is 6.30. The Morgan fingerprint density at radius 2 is 2.41 bits per heavy atom. The van der Waals surface area contributed by atoms with Crippen molar-refractivity contribution < 1.29 is 4.39 Å². The molecule has 0 saturated carbocycles. The summed E-state index contributed by atoms with van der Waals surface area (Å²) < 4.78 is 13.7. The number of nitrogens with two attached hydrogens (primary N) is 1. The third-order valence-electron chi connectivity index (χ3n) is 3.50. The lowest BCUT2D eigenvalue weighted by atomic mass is 9.87. The molecular formula is C12H17ClFN3. The van der Waals surface area contributed by atoms with Gasteiger partial charge in [0.25, 0.3) is 0 Å². The van der Waals surface area contributed by atoms with E-state index in [4.69, 9.17) is 17.3 Å². The molecule has 0 amide bonds. The number of piperidine rings is 1. The van der Waals surface area contributed by atoms with Gasteiger partial charge in [-0.3, -0.25) is 0 Å². The molecule has 0 bridgehead atoms. The Balaban J connectivity index is 2.17. The van der Waals surface area contributed by atoms with Crippen LogP contribution in [0.5, 0.6) is 0 Å². The summed E-state index contributed by atoms with van der Waals surface area (Å²) in [4.78, 5) is 6.03. The van der Waals surface area contributed by atoms with Crippen molar-refractivity contribution in [3.8, 4) is 0 Å². The van der Waals surface area contributed by atoms with Crippen molar-refractivity contribution in [2.75, 3.05) is 24.5 Å². The fourth-order valence-corrected chi connectivity index (χ4v) is 2.43. The molecule has 0 spiro atoms. The predicted molar refractivity (Wildman–Crippen MR) is 67.7 cm³/mol. The molecule has 2 N–H and O–H groups in total. The second kappa shape index (κ2) is 5.19. The van der Waals surface area contributed by atoms with Gasteiger partial charge < -0.3 is 10.6 Å². The number of anilines is 1. The SMILES string of the molecule is CC1CCN(c2ncc(Cl)cc2F)CC1CN. The van der Waals surface area contributed by atoms with Gasteiger partial charge in [0.2, 0.25) is 0 Å². The minimum absolute atomic E-state index is 0.326. The normalized spacial score (nSPS) is 25.1. The van der Waals surface area contributed by atoms with Crippen LogP contribution >= 0.6 is 11.6 Å². The lowest BCUT2D eigenvalue weighted by molar-refractivity contribution is 0.305. The first kappa shape index (κ1) is 12.6. The van der Waals surface area contributed by atoms with Crippen molar-refractivity contribution >= 4 is 17.4 Å². The van der Waals surface area contributed by atoms with E-state index < -0.39 is 0 Å². The molecule has 0 aromatic carbocycles. The molecule has 1 fully saturated rings. The fraction of sp³-hybridized carbons (Fsp3) is 0.583. The summed E-state index contributed by atoms with van der Waals surface area (Å²) >= 11 is 5.69. The minimum Gasteiger partial charge on any atom is -0.354 e. The van der Waals surface area contributed by atoms with Gasteiger partial charge in [0.15, 0.2) is 11.6 Å². The van der Waals surface area contributed by atoms with Gasteiger partial charge in [-0.05, 0) is 30.9 Å². The molecule has 5 heteroatoms. The van der Waals surface area contributed by atoms with Gasteiger partial charge in [-0.25, -0.2) is 9.37 Å². The molecular weight excluding hydrogens is 241 g/mol. The molecule has 1 saturated heterocycles. The van der Waals surface area contributed by atoms with E-state index in [2.05, 4.69) is 11.9 Å². The molecule has 0 aliphatic carbocycles. The van der Waals surface area contributed by atoms with Gasteiger partial charge in [0, 0.05) is 19.3 Å². The third-order valence-corrected chi connectivity index (χ3v) is 3.71. The summed E-state index contributed by atoms with van der Waals surface area (Å²) in [5, 5.41) is 0.326. The Morgan fingerprint density at radius 3 is 3.06 bits per heavy atom. The van der Waals surface area contributed by atoms with Crippen molar-refractivity contribution in [3.63, 3.8) is 0 Å². The lowest BCUT2D eigenvalue weighted by Gasteiger charge is -2.37. The van der Waals surface area contributed by atoms with E-state index >= 15 is 0 Å². The standard InChI is InChI=1S/C12H17ClFN3/c1-8-2-3-17(7-9(8)5-15)12-11(14)4-10(13)6-16-12/h4,6,8-9H,2-3,5,7,15H2,1H3. The Morgan fingerprint density at radius 1 is 1.65 bits per heavy atom. The molecule has 0 radical (unpaired) electrons. The van der Waals surface area contributed by atoms with E-state index in [1.165, 1.54) is 12.3 Å². The maximum absolute atomic E-state index is 13.7. The van der Waals surface area contributed by atoms with Crippen LogP contribution in [0.3, 0.4) is 0 Å². The third kappa shape index (κ3) is 2.69. The molecule has 17 heavy (non-hydrogen) atoms. The number of halogens is 2. The van der Waals surface area contributed by atoms with Crippen molar-refractivity contribution in [3.05, 3.63) is 23.1 Å². The summed E-state index contributed by atoms with van der Waals surface area (Å²) in [6, 6.07) is 1.30. The van der Waals surface area contributed by atoms with Crippen LogP contribution in [0, 0.1) is 17.7 Å². The monoisotopic (exact) mass is 257 g/mol. The molecule has 3 nitrogen and oxygen atoms in total. The number of nitrogens with zero attached hydrogens (tertiary/aromatic N) is 2. The quantitative estimate of drug-likeness (QED) is 0.884. The van der Waals surface area contributed by atoms with Gasteiger partial charge in [0.1, 0.15) is 0 Å². The van der Waals surface area contributed by atoms with Crippen LogP contribution in [0.15, 0.2) is 12.3 Å². The molecule has 2 atom stereocenters. The highest BCUT2D eigenvalue weighted by atomic mass is 35.5.